The van der Waals surface area contributed by atoms with Crippen LogP contribution in [0.4, 0.5) is 5.69 Å². The van der Waals surface area contributed by atoms with Crippen molar-refractivity contribution in [3.05, 3.63) is 65.7 Å². The van der Waals surface area contributed by atoms with Gasteiger partial charge < -0.3 is 10.0 Å². The highest BCUT2D eigenvalue weighted by atomic mass is 16.3. The molecule has 2 fully saturated rings. The Bertz CT molecular complexity index is 1020. The predicted molar refractivity (Wildman–Crippen MR) is 121 cm³/mol. The Hall–Kier alpha value is -2.46. The number of benzene rings is 2. The number of para-hydroxylation sites is 1. The molecule has 31 heavy (non-hydrogen) atoms. The van der Waals surface area contributed by atoms with Crippen molar-refractivity contribution in [2.24, 2.45) is 11.8 Å². The molecule has 1 heterocycles. The monoisotopic (exact) mass is 417 g/mol. The van der Waals surface area contributed by atoms with Crippen LogP contribution in [0.25, 0.3) is 0 Å². The molecule has 0 amide bonds. The summed E-state index contributed by atoms with van der Waals surface area (Å²) in [7, 11) is 0. The van der Waals surface area contributed by atoms with Crippen molar-refractivity contribution >= 4 is 17.3 Å². The van der Waals surface area contributed by atoms with Gasteiger partial charge in [-0.2, -0.15) is 0 Å². The molecule has 5 rings (SSSR count). The highest BCUT2D eigenvalue weighted by Crippen LogP contribution is 2.64. The smallest absolute Gasteiger partial charge is 0.135 e. The number of carbonyl (C=O) groups excluding carboxylic acids is 2. The Labute approximate surface area is 184 Å². The highest BCUT2D eigenvalue weighted by Gasteiger charge is 2.69. The van der Waals surface area contributed by atoms with E-state index in [4.69, 9.17) is 0 Å². The Morgan fingerprint density at radius 2 is 1.74 bits per heavy atom. The van der Waals surface area contributed by atoms with Gasteiger partial charge in [0.05, 0.1) is 5.60 Å². The number of fused-ring (bicyclic) bond motifs is 1. The van der Waals surface area contributed by atoms with Crippen molar-refractivity contribution < 1.29 is 14.7 Å². The van der Waals surface area contributed by atoms with Crippen LogP contribution in [0, 0.1) is 11.8 Å². The summed E-state index contributed by atoms with van der Waals surface area (Å²) >= 11 is 0. The summed E-state index contributed by atoms with van der Waals surface area (Å²) in [5.41, 5.74) is 1.78. The number of carbonyl (C=O) groups is 2. The molecule has 0 aromatic heterocycles. The Morgan fingerprint density at radius 3 is 2.45 bits per heavy atom. The molecular formula is C27H31NO3. The average molecular weight is 418 g/mol. The lowest BCUT2D eigenvalue weighted by molar-refractivity contribution is -0.169. The minimum absolute atomic E-state index is 0.00691. The van der Waals surface area contributed by atoms with E-state index in [0.717, 1.165) is 30.6 Å². The average Bonchev–Trinajstić information content (AvgIpc) is 3.02. The third kappa shape index (κ3) is 2.84. The fraction of sp³-hybridized carbons (Fsp3) is 0.481. The molecule has 1 spiro atoms. The van der Waals surface area contributed by atoms with Crippen LogP contribution in [0.1, 0.15) is 57.1 Å². The van der Waals surface area contributed by atoms with Crippen molar-refractivity contribution in [2.75, 3.05) is 4.90 Å². The van der Waals surface area contributed by atoms with Gasteiger partial charge in [0.1, 0.15) is 11.6 Å². The second-order valence-corrected chi connectivity index (χ2v) is 9.84. The summed E-state index contributed by atoms with van der Waals surface area (Å²) in [6, 6.07) is 18.9. The summed E-state index contributed by atoms with van der Waals surface area (Å²) < 4.78 is 0. The van der Waals surface area contributed by atoms with E-state index in [1.165, 1.54) is 5.56 Å². The minimum Gasteiger partial charge on any atom is -0.388 e. The zero-order valence-electron chi connectivity index (χ0n) is 18.4. The molecule has 2 aromatic rings. The van der Waals surface area contributed by atoms with Crippen molar-refractivity contribution in [3.8, 4) is 0 Å². The van der Waals surface area contributed by atoms with Gasteiger partial charge in [-0.1, -0.05) is 48.5 Å². The van der Waals surface area contributed by atoms with Gasteiger partial charge >= 0.3 is 0 Å². The van der Waals surface area contributed by atoms with Crippen molar-refractivity contribution in [2.45, 2.75) is 69.6 Å². The molecule has 2 aromatic carbocycles. The molecular weight excluding hydrogens is 386 g/mol. The van der Waals surface area contributed by atoms with E-state index >= 15 is 0 Å². The second kappa shape index (κ2) is 7.30. The number of hydrogen-bond donors (Lipinski definition) is 1. The second-order valence-electron chi connectivity index (χ2n) is 9.84. The molecule has 2 saturated carbocycles. The van der Waals surface area contributed by atoms with E-state index in [-0.39, 0.29) is 23.5 Å². The maximum Gasteiger partial charge on any atom is 0.135 e. The maximum absolute atomic E-state index is 12.8. The Balaban J connectivity index is 1.70. The summed E-state index contributed by atoms with van der Waals surface area (Å²) in [4.78, 5) is 27.9. The van der Waals surface area contributed by atoms with Gasteiger partial charge in [-0.15, -0.1) is 0 Å². The first-order valence-corrected chi connectivity index (χ1v) is 11.5. The third-order valence-electron chi connectivity index (χ3n) is 8.37. The van der Waals surface area contributed by atoms with E-state index in [2.05, 4.69) is 47.4 Å². The van der Waals surface area contributed by atoms with E-state index in [0.29, 0.717) is 19.3 Å². The van der Waals surface area contributed by atoms with Gasteiger partial charge in [-0.25, -0.2) is 0 Å². The molecule has 4 heteroatoms. The van der Waals surface area contributed by atoms with Crippen LogP contribution < -0.4 is 4.90 Å². The lowest BCUT2D eigenvalue weighted by Crippen LogP contribution is -2.69. The zero-order chi connectivity index (χ0) is 21.8. The number of anilines is 1. The number of ketones is 2. The number of hydrogen-bond acceptors (Lipinski definition) is 4. The van der Waals surface area contributed by atoms with Crippen LogP contribution in [0.2, 0.25) is 0 Å². The highest BCUT2D eigenvalue weighted by molar-refractivity contribution is 5.85. The fourth-order valence-corrected chi connectivity index (χ4v) is 7.07. The number of nitrogens with zero attached hydrogens (tertiary/aromatic N) is 1. The molecule has 0 bridgehead atoms. The molecule has 2 aliphatic carbocycles. The van der Waals surface area contributed by atoms with Crippen LogP contribution in [0.5, 0.6) is 0 Å². The van der Waals surface area contributed by atoms with Gasteiger partial charge in [-0.3, -0.25) is 9.59 Å². The predicted octanol–water partition coefficient (Wildman–Crippen LogP) is 4.43. The van der Waals surface area contributed by atoms with Crippen LogP contribution >= 0.6 is 0 Å². The first kappa shape index (κ1) is 20.4. The van der Waals surface area contributed by atoms with Gasteiger partial charge in [0, 0.05) is 35.5 Å². The summed E-state index contributed by atoms with van der Waals surface area (Å²) in [6.45, 7) is 3.99. The molecule has 0 saturated heterocycles. The largest absolute Gasteiger partial charge is 0.388 e. The van der Waals surface area contributed by atoms with E-state index in [1.54, 1.807) is 13.8 Å². The molecule has 4 nitrogen and oxygen atoms in total. The molecule has 1 aliphatic heterocycles. The van der Waals surface area contributed by atoms with Gasteiger partial charge in [0.25, 0.3) is 0 Å². The van der Waals surface area contributed by atoms with Crippen molar-refractivity contribution in [1.82, 2.24) is 0 Å². The van der Waals surface area contributed by atoms with Crippen LogP contribution in [-0.4, -0.2) is 28.3 Å². The van der Waals surface area contributed by atoms with Crippen LogP contribution in [0.3, 0.4) is 0 Å². The molecule has 0 unspecified atom stereocenters. The quantitative estimate of drug-likeness (QED) is 0.799. The SMILES string of the molecule is CC(=O)[C@@H]1C[C@H](C(C)=O)[C@@]2(O)CCC[C@@H]3N(Cc4ccccc4)c4ccccc4[C@@]32C1. The maximum atomic E-state index is 12.8. The number of Topliss-reactive ketones (excluding diaryl/α,β-unsaturated/α-hetero) is 2. The standard InChI is InChI=1S/C27H31NO3/c1-18(29)21-15-23(19(2)30)27(31)14-8-13-25-26(27,16-21)22-11-6-7-12-24(22)28(25)17-20-9-4-3-5-10-20/h3-7,9-12,21,23,25,31H,8,13-17H2,1-2H3/t21-,23-,25+,26+,27+/m1/s1. The summed E-state index contributed by atoms with van der Waals surface area (Å²) in [5.74, 6) is -0.555. The van der Waals surface area contributed by atoms with Gasteiger partial charge in [0.15, 0.2) is 0 Å². The first-order valence-electron chi connectivity index (χ1n) is 11.5. The van der Waals surface area contributed by atoms with Crippen LogP contribution in [-0.2, 0) is 21.5 Å². The van der Waals surface area contributed by atoms with Crippen molar-refractivity contribution in [1.29, 1.82) is 0 Å². The fourth-order valence-electron chi connectivity index (χ4n) is 7.07. The summed E-state index contributed by atoms with van der Waals surface area (Å²) in [6.07, 6.45) is 3.55. The lowest BCUT2D eigenvalue weighted by Gasteiger charge is -2.60. The molecule has 0 radical (unpaired) electrons. The topological polar surface area (TPSA) is 57.6 Å². The lowest BCUT2D eigenvalue weighted by atomic mass is 9.47. The van der Waals surface area contributed by atoms with Crippen molar-refractivity contribution in [3.63, 3.8) is 0 Å². The molecule has 3 aliphatic rings. The van der Waals surface area contributed by atoms with Crippen LogP contribution in [0.15, 0.2) is 54.6 Å². The molecule has 162 valence electrons. The summed E-state index contributed by atoms with van der Waals surface area (Å²) in [5, 5.41) is 12.4. The first-order chi connectivity index (χ1) is 14.9. The Morgan fingerprint density at radius 1 is 1.03 bits per heavy atom. The number of rotatable bonds is 4. The zero-order valence-corrected chi connectivity index (χ0v) is 18.4. The third-order valence-corrected chi connectivity index (χ3v) is 8.37. The number of aliphatic hydroxyl groups is 1. The van der Waals surface area contributed by atoms with E-state index in [9.17, 15) is 14.7 Å². The van der Waals surface area contributed by atoms with E-state index < -0.39 is 16.9 Å². The van der Waals surface area contributed by atoms with Gasteiger partial charge in [-0.05, 0) is 63.1 Å². The normalized spacial score (nSPS) is 33.9. The Kier molecular flexibility index (Phi) is 4.82. The van der Waals surface area contributed by atoms with Gasteiger partial charge in [0.2, 0.25) is 0 Å². The molecule has 5 atom stereocenters. The minimum atomic E-state index is -1.12. The van der Waals surface area contributed by atoms with E-state index in [1.807, 2.05) is 12.1 Å². The molecule has 1 N–H and O–H groups in total.